The monoisotopic (exact) mass is 454 g/mol. The highest BCUT2D eigenvalue weighted by Gasteiger charge is 2.21. The van der Waals surface area contributed by atoms with E-state index in [-0.39, 0.29) is 24.3 Å². The molecule has 8 nitrogen and oxygen atoms in total. The lowest BCUT2D eigenvalue weighted by Gasteiger charge is -2.20. The summed E-state index contributed by atoms with van der Waals surface area (Å²) in [7, 11) is 3.12. The zero-order valence-electron chi connectivity index (χ0n) is 19.7. The molecule has 2 aromatic carbocycles. The van der Waals surface area contributed by atoms with Crippen molar-refractivity contribution in [2.75, 3.05) is 14.2 Å². The molecule has 0 aliphatic carbocycles. The number of amides is 2. The van der Waals surface area contributed by atoms with Gasteiger partial charge in [0, 0.05) is 19.4 Å². The molecule has 0 aromatic heterocycles. The number of hydrogen-bond acceptors (Lipinski definition) is 5. The van der Waals surface area contributed by atoms with Crippen LogP contribution < -0.4 is 25.4 Å². The minimum Gasteiger partial charge on any atom is -0.493 e. The van der Waals surface area contributed by atoms with Crippen LogP contribution in [0.25, 0.3) is 0 Å². The van der Waals surface area contributed by atoms with E-state index in [1.54, 1.807) is 26.4 Å². The van der Waals surface area contributed by atoms with Crippen molar-refractivity contribution in [2.45, 2.75) is 45.7 Å². The summed E-state index contributed by atoms with van der Waals surface area (Å²) in [6.45, 7) is 4.35. The molecule has 178 valence electrons. The highest BCUT2D eigenvalue weighted by atomic mass is 16.5. The molecular formula is C25H34N4O4. The molecule has 2 rings (SSSR count). The van der Waals surface area contributed by atoms with Gasteiger partial charge in [0.25, 0.3) is 0 Å². The predicted molar refractivity (Wildman–Crippen MR) is 128 cm³/mol. The van der Waals surface area contributed by atoms with Crippen molar-refractivity contribution in [3.05, 3.63) is 59.7 Å². The van der Waals surface area contributed by atoms with Gasteiger partial charge in [-0.3, -0.25) is 20.3 Å². The Bertz CT molecular complexity index is 931. The average Bonchev–Trinajstić information content (AvgIpc) is 2.81. The third-order valence-corrected chi connectivity index (χ3v) is 5.05. The molecule has 8 heteroatoms. The van der Waals surface area contributed by atoms with Crippen LogP contribution in [0.4, 0.5) is 0 Å². The Morgan fingerprint density at radius 3 is 2.30 bits per heavy atom. The first-order valence-electron chi connectivity index (χ1n) is 11.0. The van der Waals surface area contributed by atoms with Crippen LogP contribution in [-0.2, 0) is 22.6 Å². The molecule has 2 aromatic rings. The molecule has 0 aliphatic rings. The summed E-state index contributed by atoms with van der Waals surface area (Å²) >= 11 is 0. The van der Waals surface area contributed by atoms with Crippen molar-refractivity contribution in [1.82, 2.24) is 16.0 Å². The van der Waals surface area contributed by atoms with Gasteiger partial charge in [-0.05, 0) is 35.6 Å². The Kier molecular flexibility index (Phi) is 10.2. The van der Waals surface area contributed by atoms with E-state index in [4.69, 9.17) is 14.9 Å². The molecule has 2 amide bonds. The number of rotatable bonds is 11. The van der Waals surface area contributed by atoms with Gasteiger partial charge in [-0.15, -0.1) is 0 Å². The second-order valence-corrected chi connectivity index (χ2v) is 8.15. The number of nitrogens with one attached hydrogen (secondary N) is 4. The lowest BCUT2D eigenvalue weighted by atomic mass is 10.1. The van der Waals surface area contributed by atoms with Crippen molar-refractivity contribution in [3.8, 4) is 11.5 Å². The fourth-order valence-electron chi connectivity index (χ4n) is 3.19. The first-order chi connectivity index (χ1) is 15.8. The number of guanidine groups is 1. The Morgan fingerprint density at radius 1 is 0.970 bits per heavy atom. The molecular weight excluding hydrogens is 420 g/mol. The normalized spacial score (nSPS) is 11.4. The first kappa shape index (κ1) is 25.7. The van der Waals surface area contributed by atoms with Crippen LogP contribution in [0.5, 0.6) is 11.5 Å². The minimum atomic E-state index is -0.731. The SMILES string of the molecule is COc1ccc(CNC(=O)[C@@H](Cc2ccccc2)NC(=N)NC(=O)CCC(C)C)cc1OC. The molecule has 0 aliphatic heterocycles. The summed E-state index contributed by atoms with van der Waals surface area (Å²) in [6, 6.07) is 14.2. The Hall–Kier alpha value is -3.55. The second-order valence-electron chi connectivity index (χ2n) is 8.15. The standard InChI is InChI=1S/C25H34N4O4/c1-17(2)10-13-23(30)29-25(26)28-20(14-18-8-6-5-7-9-18)24(31)27-16-19-11-12-21(32-3)22(15-19)33-4/h5-9,11-12,15,17,20H,10,13-14,16H2,1-4H3,(H,27,31)(H3,26,28,29,30)/t20-/m1/s1. The van der Waals surface area contributed by atoms with E-state index in [9.17, 15) is 9.59 Å². The molecule has 0 bridgehead atoms. The zero-order valence-corrected chi connectivity index (χ0v) is 19.7. The van der Waals surface area contributed by atoms with Gasteiger partial charge in [0.05, 0.1) is 14.2 Å². The van der Waals surface area contributed by atoms with Crippen LogP contribution in [0.2, 0.25) is 0 Å². The van der Waals surface area contributed by atoms with E-state index in [0.717, 1.165) is 17.5 Å². The second kappa shape index (κ2) is 13.1. The zero-order chi connectivity index (χ0) is 24.2. The molecule has 0 unspecified atom stereocenters. The van der Waals surface area contributed by atoms with Crippen molar-refractivity contribution >= 4 is 17.8 Å². The van der Waals surface area contributed by atoms with Gasteiger partial charge in [-0.1, -0.05) is 50.2 Å². The van der Waals surface area contributed by atoms with Crippen LogP contribution in [0.3, 0.4) is 0 Å². The summed E-state index contributed by atoms with van der Waals surface area (Å²) < 4.78 is 10.6. The summed E-state index contributed by atoms with van der Waals surface area (Å²) in [6.07, 6.45) is 1.43. The summed E-state index contributed by atoms with van der Waals surface area (Å²) in [5.41, 5.74) is 1.78. The quantitative estimate of drug-likeness (QED) is 0.308. The minimum absolute atomic E-state index is 0.189. The van der Waals surface area contributed by atoms with Gasteiger partial charge in [-0.25, -0.2) is 0 Å². The van der Waals surface area contributed by atoms with Crippen molar-refractivity contribution in [3.63, 3.8) is 0 Å². The lowest BCUT2D eigenvalue weighted by Crippen LogP contribution is -2.52. The van der Waals surface area contributed by atoms with Crippen molar-refractivity contribution in [1.29, 1.82) is 5.41 Å². The fourth-order valence-corrected chi connectivity index (χ4v) is 3.19. The number of methoxy groups -OCH3 is 2. The maximum atomic E-state index is 13.0. The topological polar surface area (TPSA) is 113 Å². The maximum absolute atomic E-state index is 13.0. The van der Waals surface area contributed by atoms with E-state index in [1.165, 1.54) is 0 Å². The van der Waals surface area contributed by atoms with Crippen LogP contribution in [-0.4, -0.2) is 38.0 Å². The number of ether oxygens (including phenoxy) is 2. The number of hydrogen-bond donors (Lipinski definition) is 4. The summed E-state index contributed by atoms with van der Waals surface area (Å²) in [4.78, 5) is 25.1. The van der Waals surface area contributed by atoms with Gasteiger partial charge < -0.3 is 20.1 Å². The molecule has 0 radical (unpaired) electrons. The van der Waals surface area contributed by atoms with Gasteiger partial charge >= 0.3 is 0 Å². The first-order valence-corrected chi connectivity index (χ1v) is 11.0. The third-order valence-electron chi connectivity index (χ3n) is 5.05. The van der Waals surface area contributed by atoms with E-state index in [1.807, 2.05) is 50.2 Å². The largest absolute Gasteiger partial charge is 0.493 e. The van der Waals surface area contributed by atoms with Gasteiger partial charge in [0.15, 0.2) is 17.5 Å². The molecule has 4 N–H and O–H groups in total. The average molecular weight is 455 g/mol. The molecule has 0 spiro atoms. The van der Waals surface area contributed by atoms with Crippen LogP contribution >= 0.6 is 0 Å². The smallest absolute Gasteiger partial charge is 0.243 e. The molecule has 33 heavy (non-hydrogen) atoms. The van der Waals surface area contributed by atoms with Gasteiger partial charge in [0.2, 0.25) is 11.8 Å². The highest BCUT2D eigenvalue weighted by Crippen LogP contribution is 2.27. The molecule has 0 heterocycles. The van der Waals surface area contributed by atoms with Crippen LogP contribution in [0.1, 0.15) is 37.8 Å². The molecule has 0 saturated heterocycles. The predicted octanol–water partition coefficient (Wildman–Crippen LogP) is 3.01. The number of carbonyl (C=O) groups is 2. The summed E-state index contributed by atoms with van der Waals surface area (Å²) in [5, 5.41) is 16.4. The van der Waals surface area contributed by atoms with Crippen molar-refractivity contribution in [2.24, 2.45) is 5.92 Å². The fraction of sp³-hybridized carbons (Fsp3) is 0.400. The highest BCUT2D eigenvalue weighted by molar-refractivity contribution is 5.97. The van der Waals surface area contributed by atoms with Gasteiger partial charge in [-0.2, -0.15) is 0 Å². The Balaban J connectivity index is 2.04. The van der Waals surface area contributed by atoms with Crippen LogP contribution in [0, 0.1) is 11.3 Å². The molecule has 0 fully saturated rings. The van der Waals surface area contributed by atoms with Gasteiger partial charge in [0.1, 0.15) is 6.04 Å². The van der Waals surface area contributed by atoms with E-state index in [0.29, 0.717) is 30.3 Å². The lowest BCUT2D eigenvalue weighted by molar-refractivity contribution is -0.123. The Labute approximate surface area is 195 Å². The maximum Gasteiger partial charge on any atom is 0.243 e. The number of carbonyl (C=O) groups excluding carboxylic acids is 2. The Morgan fingerprint density at radius 2 is 1.67 bits per heavy atom. The van der Waals surface area contributed by atoms with Crippen molar-refractivity contribution < 1.29 is 19.1 Å². The molecule has 1 atom stereocenters. The number of benzene rings is 2. The van der Waals surface area contributed by atoms with Crippen LogP contribution in [0.15, 0.2) is 48.5 Å². The van der Waals surface area contributed by atoms with E-state index < -0.39 is 6.04 Å². The van der Waals surface area contributed by atoms with E-state index >= 15 is 0 Å². The van der Waals surface area contributed by atoms with E-state index in [2.05, 4.69) is 16.0 Å². The summed E-state index contributed by atoms with van der Waals surface area (Å²) in [5.74, 6) is 0.865. The third kappa shape index (κ3) is 8.84. The molecule has 0 saturated carbocycles.